The van der Waals surface area contributed by atoms with Crippen molar-refractivity contribution >= 4 is 0 Å². The van der Waals surface area contributed by atoms with E-state index in [1.807, 2.05) is 6.07 Å². The van der Waals surface area contributed by atoms with Crippen molar-refractivity contribution in [1.82, 2.24) is 0 Å². The molecule has 1 aromatic rings. The molecular weight excluding hydrogens is 172 g/mol. The number of rotatable bonds is 0. The van der Waals surface area contributed by atoms with Crippen molar-refractivity contribution in [3.8, 4) is 5.75 Å². The van der Waals surface area contributed by atoms with Crippen molar-refractivity contribution in [2.24, 2.45) is 0 Å². The lowest BCUT2D eigenvalue weighted by molar-refractivity contribution is 0.444. The molecule has 1 heteroatoms. The maximum Gasteiger partial charge on any atom is 0.119 e. The summed E-state index contributed by atoms with van der Waals surface area (Å²) in [6, 6.07) is 3.93. The fraction of sp³-hybridized carbons (Fsp3) is 0.538. The molecule has 0 saturated heterocycles. The van der Waals surface area contributed by atoms with Crippen LogP contribution in [0.1, 0.15) is 43.9 Å². The Morgan fingerprint density at radius 1 is 1.14 bits per heavy atom. The van der Waals surface area contributed by atoms with Crippen LogP contribution in [0.15, 0.2) is 12.1 Å². The fourth-order valence-corrected chi connectivity index (χ4v) is 2.49. The Hall–Kier alpha value is -0.980. The number of hydrogen-bond acceptors (Lipinski definition) is 1. The van der Waals surface area contributed by atoms with Crippen LogP contribution in [0.4, 0.5) is 0 Å². The lowest BCUT2D eigenvalue weighted by Gasteiger charge is -2.24. The van der Waals surface area contributed by atoms with Crippen LogP contribution < -0.4 is 0 Å². The van der Waals surface area contributed by atoms with Crippen molar-refractivity contribution in [3.63, 3.8) is 0 Å². The zero-order valence-electron chi connectivity index (χ0n) is 9.22. The normalized spacial score (nSPS) is 15.6. The van der Waals surface area contributed by atoms with E-state index in [0.717, 1.165) is 12.0 Å². The van der Waals surface area contributed by atoms with E-state index in [-0.39, 0.29) is 5.41 Å². The summed E-state index contributed by atoms with van der Waals surface area (Å²) >= 11 is 0. The van der Waals surface area contributed by atoms with Crippen LogP contribution in [0.2, 0.25) is 0 Å². The minimum absolute atomic E-state index is 0.0553. The summed E-state index contributed by atoms with van der Waals surface area (Å²) in [6.45, 7) is 6.50. The second-order valence-corrected chi connectivity index (χ2v) is 5.20. The number of phenolic OH excluding ortho intramolecular Hbond substituents is 1. The van der Waals surface area contributed by atoms with E-state index in [1.165, 1.54) is 24.0 Å². The second-order valence-electron chi connectivity index (χ2n) is 5.20. The Labute approximate surface area is 85.8 Å². The Morgan fingerprint density at radius 2 is 1.86 bits per heavy atom. The van der Waals surface area contributed by atoms with E-state index < -0.39 is 0 Å². The third-order valence-corrected chi connectivity index (χ3v) is 3.01. The smallest absolute Gasteiger partial charge is 0.119 e. The molecule has 0 aromatic heterocycles. The molecule has 76 valence electrons. The molecule has 0 spiro atoms. The molecule has 1 N–H and O–H groups in total. The van der Waals surface area contributed by atoms with Crippen LogP contribution in [0.3, 0.4) is 0 Å². The molecule has 1 aliphatic rings. The van der Waals surface area contributed by atoms with Gasteiger partial charge in [0.2, 0.25) is 0 Å². The van der Waals surface area contributed by atoms with Crippen molar-refractivity contribution < 1.29 is 5.11 Å². The van der Waals surface area contributed by atoms with Crippen LogP contribution in [0, 0.1) is 0 Å². The van der Waals surface area contributed by atoms with E-state index in [4.69, 9.17) is 0 Å². The first kappa shape index (κ1) is 9.57. The lowest BCUT2D eigenvalue weighted by atomic mass is 9.82. The lowest BCUT2D eigenvalue weighted by Crippen LogP contribution is -2.14. The molecule has 0 radical (unpaired) electrons. The molecule has 0 amide bonds. The van der Waals surface area contributed by atoms with Crippen LogP contribution in [0.25, 0.3) is 0 Å². The average molecular weight is 190 g/mol. The van der Waals surface area contributed by atoms with Gasteiger partial charge in [0.1, 0.15) is 5.75 Å². The summed E-state index contributed by atoms with van der Waals surface area (Å²) in [4.78, 5) is 0. The van der Waals surface area contributed by atoms with Gasteiger partial charge < -0.3 is 5.11 Å². The topological polar surface area (TPSA) is 20.2 Å². The van der Waals surface area contributed by atoms with Gasteiger partial charge in [-0.3, -0.25) is 0 Å². The summed E-state index contributed by atoms with van der Waals surface area (Å²) in [5, 5.41) is 9.91. The number of aromatic hydroxyl groups is 1. The summed E-state index contributed by atoms with van der Waals surface area (Å²) < 4.78 is 0. The Bertz CT molecular complexity index is 358. The molecule has 0 atom stereocenters. The second kappa shape index (κ2) is 3.01. The summed E-state index contributed by atoms with van der Waals surface area (Å²) in [6.07, 6.45) is 3.55. The molecule has 0 aliphatic heterocycles. The molecule has 1 aromatic carbocycles. The third-order valence-electron chi connectivity index (χ3n) is 3.01. The molecule has 0 bridgehead atoms. The van der Waals surface area contributed by atoms with Crippen LogP contribution in [0.5, 0.6) is 5.75 Å². The molecule has 0 saturated carbocycles. The highest BCUT2D eigenvalue weighted by Crippen LogP contribution is 2.38. The highest BCUT2D eigenvalue weighted by molar-refractivity contribution is 5.49. The van der Waals surface area contributed by atoms with E-state index >= 15 is 0 Å². The van der Waals surface area contributed by atoms with Gasteiger partial charge in [-0.25, -0.2) is 0 Å². The standard InChI is InChI=1S/C13H18O/c1-13(2,3)12-10-6-4-5-9(10)7-8-11(12)14/h7-8,14H,4-6H2,1-3H3. The van der Waals surface area contributed by atoms with Gasteiger partial charge in [-0.1, -0.05) is 26.8 Å². The van der Waals surface area contributed by atoms with E-state index in [0.29, 0.717) is 5.75 Å². The van der Waals surface area contributed by atoms with Crippen molar-refractivity contribution in [2.75, 3.05) is 0 Å². The first-order valence-corrected chi connectivity index (χ1v) is 5.34. The third kappa shape index (κ3) is 1.41. The van der Waals surface area contributed by atoms with Gasteiger partial charge >= 0.3 is 0 Å². The summed E-state index contributed by atoms with van der Waals surface area (Å²) in [5.74, 6) is 0.471. The Balaban J connectivity index is 2.63. The largest absolute Gasteiger partial charge is 0.508 e. The van der Waals surface area contributed by atoms with Gasteiger partial charge in [-0.2, -0.15) is 0 Å². The van der Waals surface area contributed by atoms with Crippen LogP contribution in [-0.4, -0.2) is 5.11 Å². The van der Waals surface area contributed by atoms with Crippen molar-refractivity contribution in [1.29, 1.82) is 0 Å². The van der Waals surface area contributed by atoms with Crippen LogP contribution >= 0.6 is 0 Å². The quantitative estimate of drug-likeness (QED) is 0.666. The predicted molar refractivity (Wildman–Crippen MR) is 58.8 cm³/mol. The molecular formula is C13H18O. The van der Waals surface area contributed by atoms with E-state index in [1.54, 1.807) is 0 Å². The van der Waals surface area contributed by atoms with E-state index in [9.17, 15) is 5.11 Å². The molecule has 0 fully saturated rings. The fourth-order valence-electron chi connectivity index (χ4n) is 2.49. The van der Waals surface area contributed by atoms with Gasteiger partial charge in [-0.15, -0.1) is 0 Å². The molecule has 1 nitrogen and oxygen atoms in total. The first-order valence-electron chi connectivity index (χ1n) is 5.34. The molecule has 0 unspecified atom stereocenters. The minimum Gasteiger partial charge on any atom is -0.508 e. The Kier molecular flexibility index (Phi) is 2.06. The van der Waals surface area contributed by atoms with Crippen molar-refractivity contribution in [2.45, 2.75) is 45.4 Å². The van der Waals surface area contributed by atoms with Crippen molar-refractivity contribution in [3.05, 3.63) is 28.8 Å². The minimum atomic E-state index is 0.0553. The first-order chi connectivity index (χ1) is 6.50. The Morgan fingerprint density at radius 3 is 2.50 bits per heavy atom. The SMILES string of the molecule is CC(C)(C)c1c(O)ccc2c1CCC2. The number of phenols is 1. The maximum atomic E-state index is 9.91. The molecule has 14 heavy (non-hydrogen) atoms. The van der Waals surface area contributed by atoms with Gasteiger partial charge in [0.15, 0.2) is 0 Å². The average Bonchev–Trinajstić information content (AvgIpc) is 2.48. The maximum absolute atomic E-state index is 9.91. The molecule has 2 rings (SSSR count). The van der Waals surface area contributed by atoms with Crippen LogP contribution in [-0.2, 0) is 18.3 Å². The highest BCUT2D eigenvalue weighted by Gasteiger charge is 2.25. The molecule has 1 aliphatic carbocycles. The number of benzene rings is 1. The molecule has 0 heterocycles. The van der Waals surface area contributed by atoms with Gasteiger partial charge in [0.25, 0.3) is 0 Å². The monoisotopic (exact) mass is 190 g/mol. The predicted octanol–water partition coefficient (Wildman–Crippen LogP) is 3.18. The number of hydrogen-bond donors (Lipinski definition) is 1. The summed E-state index contributed by atoms with van der Waals surface area (Å²) in [5.41, 5.74) is 4.05. The number of fused-ring (bicyclic) bond motifs is 1. The van der Waals surface area contributed by atoms with Gasteiger partial charge in [-0.05, 0) is 41.9 Å². The zero-order valence-corrected chi connectivity index (χ0v) is 9.22. The van der Waals surface area contributed by atoms with Gasteiger partial charge in [0.05, 0.1) is 0 Å². The van der Waals surface area contributed by atoms with E-state index in [2.05, 4.69) is 26.8 Å². The highest BCUT2D eigenvalue weighted by atomic mass is 16.3. The zero-order chi connectivity index (χ0) is 10.3. The number of aryl methyl sites for hydroxylation is 1. The van der Waals surface area contributed by atoms with Gasteiger partial charge in [0, 0.05) is 5.56 Å². The summed E-state index contributed by atoms with van der Waals surface area (Å²) in [7, 11) is 0.